The molecule has 1 aliphatic carbocycles. The van der Waals surface area contributed by atoms with Crippen LogP contribution in [0.5, 0.6) is 5.75 Å². The van der Waals surface area contributed by atoms with Gasteiger partial charge in [-0.25, -0.2) is 9.00 Å². The number of benzene rings is 3. The molecule has 0 aromatic heterocycles. The highest BCUT2D eigenvalue weighted by Gasteiger charge is 2.23. The van der Waals surface area contributed by atoms with Gasteiger partial charge in [0.25, 0.3) is 5.91 Å². The van der Waals surface area contributed by atoms with Gasteiger partial charge in [0.15, 0.2) is 16.5 Å². The van der Waals surface area contributed by atoms with Crippen molar-refractivity contribution >= 4 is 33.9 Å². The van der Waals surface area contributed by atoms with Gasteiger partial charge in [0.2, 0.25) is 0 Å². The lowest BCUT2D eigenvalue weighted by atomic mass is 9.90. The Bertz CT molecular complexity index is 1460. The van der Waals surface area contributed by atoms with Crippen LogP contribution >= 0.6 is 0 Å². The van der Waals surface area contributed by atoms with Crippen LogP contribution in [0.2, 0.25) is 0 Å². The highest BCUT2D eigenvalue weighted by molar-refractivity contribution is 7.79. The van der Waals surface area contributed by atoms with Crippen LogP contribution in [0.15, 0.2) is 63.8 Å². The summed E-state index contributed by atoms with van der Waals surface area (Å²) in [6.07, 6.45) is 0. The van der Waals surface area contributed by atoms with Crippen molar-refractivity contribution in [3.05, 3.63) is 75.9 Å². The Hall–Kier alpha value is -4.02. The third kappa shape index (κ3) is 4.47. The fourth-order valence-corrected chi connectivity index (χ4v) is 3.86. The normalized spacial score (nSPS) is 12.0. The second-order valence-electron chi connectivity index (χ2n) is 7.16. The van der Waals surface area contributed by atoms with Crippen molar-refractivity contribution in [3.8, 4) is 28.2 Å². The van der Waals surface area contributed by atoms with Gasteiger partial charge < -0.3 is 24.5 Å². The number of amides is 1. The molecular formula is C23H17NO8S. The summed E-state index contributed by atoms with van der Waals surface area (Å²) < 4.78 is 25.4. The van der Waals surface area contributed by atoms with Crippen molar-refractivity contribution < 1.29 is 33.0 Å². The van der Waals surface area contributed by atoms with Gasteiger partial charge >= 0.3 is 5.97 Å². The predicted octanol–water partition coefficient (Wildman–Crippen LogP) is 2.92. The van der Waals surface area contributed by atoms with Crippen molar-refractivity contribution in [1.82, 2.24) is 5.32 Å². The minimum Gasteiger partial charge on any atom is -0.508 e. The second kappa shape index (κ2) is 8.85. The Morgan fingerprint density at radius 1 is 1.00 bits per heavy atom. The molecule has 4 rings (SSSR count). The van der Waals surface area contributed by atoms with Crippen LogP contribution < -0.4 is 10.7 Å². The van der Waals surface area contributed by atoms with Crippen LogP contribution in [0.3, 0.4) is 0 Å². The first-order chi connectivity index (χ1) is 15.7. The van der Waals surface area contributed by atoms with E-state index in [1.165, 1.54) is 48.5 Å². The van der Waals surface area contributed by atoms with Crippen molar-refractivity contribution in [3.63, 3.8) is 0 Å². The zero-order valence-corrected chi connectivity index (χ0v) is 17.7. The molecule has 9 nitrogen and oxygen atoms in total. The number of rotatable bonds is 6. The summed E-state index contributed by atoms with van der Waals surface area (Å²) in [5.41, 5.74) is 1.08. The second-order valence-corrected chi connectivity index (χ2v) is 8.21. The number of fused-ring (bicyclic) bond motifs is 2. The first kappa shape index (κ1) is 22.2. The van der Waals surface area contributed by atoms with Gasteiger partial charge in [-0.2, -0.15) is 0 Å². The molecule has 1 unspecified atom stereocenters. The van der Waals surface area contributed by atoms with Gasteiger partial charge in [0.1, 0.15) is 17.1 Å². The number of carboxylic acid groups (broad SMARTS) is 1. The highest BCUT2D eigenvalue weighted by atomic mass is 32.2. The SMILES string of the molecule is O=C(NCCS(=O)O)c1ccc(-c2c3ccc(=O)cc-3oc3cc(O)ccc23)c(C(=O)O)c1. The van der Waals surface area contributed by atoms with Crippen LogP contribution in [-0.2, 0) is 11.1 Å². The summed E-state index contributed by atoms with van der Waals surface area (Å²) in [5.74, 6) is -1.88. The first-order valence-electron chi connectivity index (χ1n) is 9.67. The molecule has 168 valence electrons. The maximum Gasteiger partial charge on any atom is 0.336 e. The van der Waals surface area contributed by atoms with Gasteiger partial charge in [-0.15, -0.1) is 0 Å². The Kier molecular flexibility index (Phi) is 5.95. The van der Waals surface area contributed by atoms with Crippen LogP contribution in [0.4, 0.5) is 0 Å². The summed E-state index contributed by atoms with van der Waals surface area (Å²) in [7, 11) is 0. The molecule has 2 aromatic rings. The molecule has 1 atom stereocenters. The number of carboxylic acids is 1. The Balaban J connectivity index is 1.92. The minimum absolute atomic E-state index is 0.0530. The van der Waals surface area contributed by atoms with E-state index < -0.39 is 23.0 Å². The van der Waals surface area contributed by atoms with Crippen molar-refractivity contribution in [1.29, 1.82) is 0 Å². The van der Waals surface area contributed by atoms with Gasteiger partial charge in [0.05, 0.1) is 11.3 Å². The molecule has 2 aliphatic rings. The number of nitrogens with one attached hydrogen (secondary N) is 1. The lowest BCUT2D eigenvalue weighted by Gasteiger charge is -2.17. The topological polar surface area (TPSA) is 154 Å². The van der Waals surface area contributed by atoms with E-state index in [2.05, 4.69) is 5.32 Å². The molecule has 1 aliphatic heterocycles. The molecule has 10 heteroatoms. The quantitative estimate of drug-likeness (QED) is 0.249. The molecule has 0 bridgehead atoms. The Morgan fingerprint density at radius 2 is 1.76 bits per heavy atom. The lowest BCUT2D eigenvalue weighted by Crippen LogP contribution is -2.27. The van der Waals surface area contributed by atoms with E-state index in [1.807, 2.05) is 0 Å². The number of hydrogen-bond donors (Lipinski definition) is 4. The molecule has 4 N–H and O–H groups in total. The number of phenols is 1. The lowest BCUT2D eigenvalue weighted by molar-refractivity contribution is 0.0697. The highest BCUT2D eigenvalue weighted by Crippen LogP contribution is 2.42. The average Bonchev–Trinajstić information content (AvgIpc) is 2.76. The molecule has 33 heavy (non-hydrogen) atoms. The molecule has 2 aromatic carbocycles. The Labute approximate surface area is 188 Å². The summed E-state index contributed by atoms with van der Waals surface area (Å²) >= 11 is -2.07. The maximum absolute atomic E-state index is 12.4. The summed E-state index contributed by atoms with van der Waals surface area (Å²) in [6.45, 7) is -0.0530. The standard InChI is InChI=1S/C23H17NO8S/c25-13-2-5-16-19(10-13)32-20-11-14(26)3-6-17(20)21(16)15-4-1-12(9-18(15)23(28)29)22(27)24-7-8-33(30)31/h1-6,9-11,25H,7-8H2,(H,24,27)(H,28,29)(H,30,31). The molecule has 0 fully saturated rings. The van der Waals surface area contributed by atoms with E-state index in [9.17, 15) is 28.8 Å². The van der Waals surface area contributed by atoms with E-state index >= 15 is 0 Å². The predicted molar refractivity (Wildman–Crippen MR) is 121 cm³/mol. The number of carbonyl (C=O) groups is 2. The zero-order chi connectivity index (χ0) is 23.7. The third-order valence-electron chi connectivity index (χ3n) is 5.02. The van der Waals surface area contributed by atoms with Crippen LogP contribution in [0.25, 0.3) is 33.4 Å². The third-order valence-corrected chi connectivity index (χ3v) is 5.57. The van der Waals surface area contributed by atoms with E-state index in [0.717, 1.165) is 0 Å². The fourth-order valence-electron chi connectivity index (χ4n) is 3.58. The van der Waals surface area contributed by atoms with Gasteiger partial charge in [-0.05, 0) is 42.0 Å². The molecule has 1 heterocycles. The minimum atomic E-state index is -2.07. The average molecular weight is 467 g/mol. The number of aromatic carboxylic acids is 1. The molecule has 0 saturated heterocycles. The monoisotopic (exact) mass is 467 g/mol. The maximum atomic E-state index is 12.4. The first-order valence-corrected chi connectivity index (χ1v) is 10.9. The Morgan fingerprint density at radius 3 is 2.48 bits per heavy atom. The van der Waals surface area contributed by atoms with E-state index in [1.54, 1.807) is 6.07 Å². The molecule has 1 amide bonds. The summed E-state index contributed by atoms with van der Waals surface area (Å²) in [5, 5.41) is 22.7. The van der Waals surface area contributed by atoms with Crippen molar-refractivity contribution in [2.24, 2.45) is 0 Å². The largest absolute Gasteiger partial charge is 0.508 e. The molecular weight excluding hydrogens is 450 g/mol. The van der Waals surface area contributed by atoms with Crippen LogP contribution in [0.1, 0.15) is 20.7 Å². The zero-order valence-electron chi connectivity index (χ0n) is 16.9. The van der Waals surface area contributed by atoms with E-state index in [-0.39, 0.29) is 51.5 Å². The summed E-state index contributed by atoms with van der Waals surface area (Å²) in [4.78, 5) is 36.4. The molecule has 0 spiro atoms. The number of hydrogen-bond acceptors (Lipinski definition) is 6. The summed E-state index contributed by atoms with van der Waals surface area (Å²) in [6, 6.07) is 12.7. The van der Waals surface area contributed by atoms with Crippen LogP contribution in [0, 0.1) is 0 Å². The van der Waals surface area contributed by atoms with E-state index in [4.69, 9.17) is 8.97 Å². The van der Waals surface area contributed by atoms with E-state index in [0.29, 0.717) is 16.5 Å². The number of phenolic OH excluding ortho intramolecular Hbond substituents is 1. The number of carbonyl (C=O) groups excluding carboxylic acids is 1. The van der Waals surface area contributed by atoms with Crippen molar-refractivity contribution in [2.45, 2.75) is 0 Å². The number of aromatic hydroxyl groups is 1. The molecule has 0 radical (unpaired) electrons. The van der Waals surface area contributed by atoms with Crippen LogP contribution in [-0.4, -0.2) is 43.1 Å². The molecule has 0 saturated carbocycles. The smallest absolute Gasteiger partial charge is 0.336 e. The van der Waals surface area contributed by atoms with Gasteiger partial charge in [0, 0.05) is 40.8 Å². The van der Waals surface area contributed by atoms with Gasteiger partial charge in [-0.1, -0.05) is 6.07 Å². The van der Waals surface area contributed by atoms with Gasteiger partial charge in [-0.3, -0.25) is 9.59 Å². The van der Waals surface area contributed by atoms with Crippen molar-refractivity contribution in [2.75, 3.05) is 12.3 Å². The fraction of sp³-hybridized carbons (Fsp3) is 0.0870.